The number of aliphatic hydroxyl groups excluding tert-OH is 1. The molecule has 0 amide bonds. The zero-order valence-corrected chi connectivity index (χ0v) is 19.0. The molecule has 6 heteroatoms. The summed E-state index contributed by atoms with van der Waals surface area (Å²) in [5.74, 6) is 0. The lowest BCUT2D eigenvalue weighted by Gasteiger charge is -2.28. The third-order valence-corrected chi connectivity index (χ3v) is 5.32. The zero-order chi connectivity index (χ0) is 21.5. The Labute approximate surface area is 174 Å². The number of unbranched alkanes of at least 4 members (excludes halogenated alkanes) is 15. The number of hydrogen-bond acceptors (Lipinski definition) is 3. The summed E-state index contributed by atoms with van der Waals surface area (Å²) < 4.78 is 0.967. The molecule has 0 radical (unpaired) electrons. The highest BCUT2D eigenvalue weighted by Crippen LogP contribution is 2.14. The van der Waals surface area contributed by atoms with E-state index >= 15 is 0 Å². The quantitative estimate of drug-likeness (QED) is 0.120. The standard InChI is InChI=1S/C22H48NO.HNO3/c1-4-5-6-7-8-9-10-11-12-13-14-15-16-17-18-19-20-23(2,3)21-22-24;2-1(3)4/h24H,4-22H2,1-3H3;(H,2,3,4)/q+1;. The fraction of sp³-hybridized carbons (Fsp3) is 1.00. The van der Waals surface area contributed by atoms with Crippen molar-refractivity contribution in [2.45, 2.75) is 110 Å². The number of nitrogens with zero attached hydrogens (tertiary/aromatic N) is 2. The number of hydrogen-bond donors (Lipinski definition) is 2. The van der Waals surface area contributed by atoms with Crippen LogP contribution in [-0.4, -0.2) is 53.7 Å². The average Bonchev–Trinajstić information content (AvgIpc) is 2.61. The van der Waals surface area contributed by atoms with Crippen LogP contribution >= 0.6 is 0 Å². The Bertz CT molecular complexity index is 322. The van der Waals surface area contributed by atoms with Gasteiger partial charge in [0.15, 0.2) is 0 Å². The molecule has 6 nitrogen and oxygen atoms in total. The maximum absolute atomic E-state index is 9.02. The van der Waals surface area contributed by atoms with Crippen LogP contribution in [0.15, 0.2) is 0 Å². The zero-order valence-electron chi connectivity index (χ0n) is 19.0. The molecule has 0 aliphatic rings. The van der Waals surface area contributed by atoms with Crippen molar-refractivity contribution in [1.29, 1.82) is 0 Å². The highest BCUT2D eigenvalue weighted by Gasteiger charge is 2.12. The van der Waals surface area contributed by atoms with Crippen molar-refractivity contribution in [2.24, 2.45) is 0 Å². The molecule has 0 unspecified atom stereocenters. The van der Waals surface area contributed by atoms with Gasteiger partial charge in [0.1, 0.15) is 6.54 Å². The summed E-state index contributed by atoms with van der Waals surface area (Å²) in [4.78, 5) is 8.36. The van der Waals surface area contributed by atoms with Crippen molar-refractivity contribution in [2.75, 3.05) is 33.8 Å². The van der Waals surface area contributed by atoms with Crippen molar-refractivity contribution >= 4 is 0 Å². The van der Waals surface area contributed by atoms with Crippen molar-refractivity contribution < 1.29 is 19.9 Å². The number of quaternary nitrogens is 1. The average molecular weight is 406 g/mol. The SMILES string of the molecule is CCCCCCCCCCCCCCCCCC[N+](C)(C)CCO.O=[N+]([O-])O. The highest BCUT2D eigenvalue weighted by molar-refractivity contribution is 4.50. The van der Waals surface area contributed by atoms with E-state index in [0.717, 1.165) is 11.0 Å². The third kappa shape index (κ3) is 29.9. The van der Waals surface area contributed by atoms with Crippen LogP contribution in [0, 0.1) is 10.1 Å². The molecule has 0 aromatic heterocycles. The van der Waals surface area contributed by atoms with E-state index in [1.54, 1.807) is 0 Å². The molecule has 0 aromatic carbocycles. The van der Waals surface area contributed by atoms with Crippen molar-refractivity contribution in [3.8, 4) is 0 Å². The van der Waals surface area contributed by atoms with Gasteiger partial charge in [0.05, 0.1) is 27.2 Å². The maximum atomic E-state index is 9.02. The lowest BCUT2D eigenvalue weighted by Crippen LogP contribution is -2.42. The minimum absolute atomic E-state index is 0.311. The lowest BCUT2D eigenvalue weighted by atomic mass is 10.0. The predicted molar refractivity (Wildman–Crippen MR) is 117 cm³/mol. The van der Waals surface area contributed by atoms with Gasteiger partial charge in [0.25, 0.3) is 5.09 Å². The van der Waals surface area contributed by atoms with E-state index in [2.05, 4.69) is 21.0 Å². The van der Waals surface area contributed by atoms with Gasteiger partial charge >= 0.3 is 0 Å². The number of aliphatic hydroxyl groups is 1. The summed E-state index contributed by atoms with van der Waals surface area (Å²) in [6.45, 7) is 4.70. The van der Waals surface area contributed by atoms with Crippen LogP contribution in [0.4, 0.5) is 0 Å². The van der Waals surface area contributed by atoms with Crippen molar-refractivity contribution in [1.82, 2.24) is 0 Å². The Balaban J connectivity index is 0. The molecule has 0 saturated heterocycles. The molecular weight excluding hydrogens is 356 g/mol. The molecule has 0 rings (SSSR count). The second-order valence-corrected chi connectivity index (χ2v) is 8.65. The highest BCUT2D eigenvalue weighted by atomic mass is 16.9. The molecule has 0 fully saturated rings. The van der Waals surface area contributed by atoms with Gasteiger partial charge in [-0.3, -0.25) is 0 Å². The summed E-state index contributed by atoms with van der Waals surface area (Å²) in [5.41, 5.74) is 0. The normalized spacial score (nSPS) is 11.1. The first-order chi connectivity index (χ1) is 13.4. The molecule has 0 saturated carbocycles. The molecule has 0 aliphatic heterocycles. The first-order valence-electron chi connectivity index (χ1n) is 11.6. The first kappa shape index (κ1) is 29.3. The van der Waals surface area contributed by atoms with Gasteiger partial charge in [-0.1, -0.05) is 96.8 Å². The Hall–Kier alpha value is -0.880. The summed E-state index contributed by atoms with van der Waals surface area (Å²) in [7, 11) is 4.45. The van der Waals surface area contributed by atoms with Crippen LogP contribution < -0.4 is 0 Å². The van der Waals surface area contributed by atoms with Gasteiger partial charge in [-0.15, -0.1) is 10.1 Å². The predicted octanol–water partition coefficient (Wildman–Crippen LogP) is 5.97. The number of rotatable bonds is 19. The first-order valence-corrected chi connectivity index (χ1v) is 11.6. The molecule has 170 valence electrons. The lowest BCUT2D eigenvalue weighted by molar-refractivity contribution is -0.890. The second-order valence-electron chi connectivity index (χ2n) is 8.65. The van der Waals surface area contributed by atoms with Gasteiger partial charge in [0, 0.05) is 0 Å². The van der Waals surface area contributed by atoms with Gasteiger partial charge in [-0.05, 0) is 12.8 Å². The molecule has 0 spiro atoms. The Morgan fingerprint density at radius 3 is 1.25 bits per heavy atom. The minimum Gasteiger partial charge on any atom is -0.391 e. The molecule has 0 heterocycles. The molecule has 2 N–H and O–H groups in total. The van der Waals surface area contributed by atoms with Crippen LogP contribution in [0.1, 0.15) is 110 Å². The molecule has 28 heavy (non-hydrogen) atoms. The van der Waals surface area contributed by atoms with E-state index in [1.807, 2.05) is 0 Å². The molecule has 0 aliphatic carbocycles. The fourth-order valence-corrected chi connectivity index (χ4v) is 3.47. The molecule has 0 atom stereocenters. The Morgan fingerprint density at radius 1 is 0.679 bits per heavy atom. The van der Waals surface area contributed by atoms with Crippen molar-refractivity contribution in [3.63, 3.8) is 0 Å². The van der Waals surface area contributed by atoms with Crippen LogP contribution in [-0.2, 0) is 0 Å². The minimum atomic E-state index is -1.50. The van der Waals surface area contributed by atoms with E-state index in [4.69, 9.17) is 20.4 Å². The summed E-state index contributed by atoms with van der Waals surface area (Å²) in [6.07, 6.45) is 22.9. The number of likely N-dealkylation sites (N-methyl/N-ethyl adjacent to an activating group) is 1. The fourth-order valence-electron chi connectivity index (χ4n) is 3.47. The van der Waals surface area contributed by atoms with E-state index in [9.17, 15) is 0 Å². The largest absolute Gasteiger partial charge is 0.391 e. The summed E-state index contributed by atoms with van der Waals surface area (Å²) >= 11 is 0. The van der Waals surface area contributed by atoms with E-state index < -0.39 is 5.09 Å². The van der Waals surface area contributed by atoms with Crippen LogP contribution in [0.25, 0.3) is 0 Å². The molecule has 0 aromatic rings. The topological polar surface area (TPSA) is 83.6 Å². The van der Waals surface area contributed by atoms with E-state index in [1.165, 1.54) is 109 Å². The van der Waals surface area contributed by atoms with Crippen LogP contribution in [0.2, 0.25) is 0 Å². The third-order valence-electron chi connectivity index (χ3n) is 5.32. The molecule has 0 bridgehead atoms. The second kappa shape index (κ2) is 22.4. The van der Waals surface area contributed by atoms with Gasteiger partial charge in [-0.25, -0.2) is 0 Å². The van der Waals surface area contributed by atoms with Gasteiger partial charge < -0.3 is 14.8 Å². The summed E-state index contributed by atoms with van der Waals surface area (Å²) in [5, 5.41) is 22.7. The summed E-state index contributed by atoms with van der Waals surface area (Å²) in [6, 6.07) is 0. The van der Waals surface area contributed by atoms with Crippen molar-refractivity contribution in [3.05, 3.63) is 10.1 Å². The smallest absolute Gasteiger partial charge is 0.291 e. The molecular formula is C22H49N2O4+. The van der Waals surface area contributed by atoms with Gasteiger partial charge in [-0.2, -0.15) is 0 Å². The van der Waals surface area contributed by atoms with Crippen LogP contribution in [0.5, 0.6) is 0 Å². The Morgan fingerprint density at radius 2 is 0.964 bits per heavy atom. The van der Waals surface area contributed by atoms with Crippen LogP contribution in [0.3, 0.4) is 0 Å². The van der Waals surface area contributed by atoms with E-state index in [-0.39, 0.29) is 0 Å². The Kier molecular flexibility index (Phi) is 23.5. The van der Waals surface area contributed by atoms with Gasteiger partial charge in [0.2, 0.25) is 0 Å². The van der Waals surface area contributed by atoms with E-state index in [0.29, 0.717) is 6.61 Å². The maximum Gasteiger partial charge on any atom is 0.291 e. The monoisotopic (exact) mass is 405 g/mol.